The van der Waals surface area contributed by atoms with Gasteiger partial charge in [-0.15, -0.1) is 10.2 Å². The van der Waals surface area contributed by atoms with Crippen molar-refractivity contribution in [3.05, 3.63) is 82.4 Å². The number of fused-ring (bicyclic) bond motifs is 1. The molecule has 0 unspecified atom stereocenters. The van der Waals surface area contributed by atoms with Gasteiger partial charge in [-0.2, -0.15) is 4.80 Å². The smallest absolute Gasteiger partial charge is 0.255 e. The van der Waals surface area contributed by atoms with Crippen LogP contribution in [-0.2, 0) is 6.42 Å². The van der Waals surface area contributed by atoms with Crippen molar-refractivity contribution in [1.82, 2.24) is 15.0 Å². The first-order valence-corrected chi connectivity index (χ1v) is 9.79. The lowest BCUT2D eigenvalue weighted by atomic mass is 10.1. The molecule has 4 aromatic rings. The van der Waals surface area contributed by atoms with Gasteiger partial charge >= 0.3 is 0 Å². The molecule has 1 heterocycles. The van der Waals surface area contributed by atoms with E-state index in [0.717, 1.165) is 45.5 Å². The second kappa shape index (κ2) is 7.51. The van der Waals surface area contributed by atoms with Gasteiger partial charge < -0.3 is 5.32 Å². The number of carbonyl (C=O) groups is 1. The summed E-state index contributed by atoms with van der Waals surface area (Å²) in [4.78, 5) is 14.4. The second-order valence-electron chi connectivity index (χ2n) is 7.50. The third-order valence-electron chi connectivity index (χ3n) is 5.03. The van der Waals surface area contributed by atoms with E-state index in [-0.39, 0.29) is 5.91 Å². The zero-order valence-corrected chi connectivity index (χ0v) is 17.2. The Morgan fingerprint density at radius 1 is 0.897 bits per heavy atom. The van der Waals surface area contributed by atoms with Crippen LogP contribution in [0.2, 0.25) is 0 Å². The Labute approximate surface area is 170 Å². The van der Waals surface area contributed by atoms with Gasteiger partial charge in [-0.1, -0.05) is 36.2 Å². The SMILES string of the molecule is CCc1ccc(-n2nc3cc(C)c(NC(=O)c4cc(C)cc(C)c4)cc3n2)cc1. The Kier molecular flexibility index (Phi) is 4.89. The van der Waals surface area contributed by atoms with Gasteiger partial charge in [0, 0.05) is 11.3 Å². The summed E-state index contributed by atoms with van der Waals surface area (Å²) < 4.78 is 0. The van der Waals surface area contributed by atoms with Crippen LogP contribution in [0.5, 0.6) is 0 Å². The molecule has 0 atom stereocenters. The third-order valence-corrected chi connectivity index (χ3v) is 5.03. The zero-order chi connectivity index (χ0) is 20.5. The zero-order valence-electron chi connectivity index (χ0n) is 17.2. The van der Waals surface area contributed by atoms with Crippen molar-refractivity contribution in [2.75, 3.05) is 5.32 Å². The normalized spacial score (nSPS) is 11.0. The summed E-state index contributed by atoms with van der Waals surface area (Å²) in [6, 6.07) is 17.9. The minimum atomic E-state index is -0.123. The van der Waals surface area contributed by atoms with Crippen molar-refractivity contribution in [2.45, 2.75) is 34.1 Å². The van der Waals surface area contributed by atoms with Crippen LogP contribution in [0.4, 0.5) is 5.69 Å². The lowest BCUT2D eigenvalue weighted by Crippen LogP contribution is -2.13. The van der Waals surface area contributed by atoms with Crippen molar-refractivity contribution < 1.29 is 4.79 Å². The largest absolute Gasteiger partial charge is 0.322 e. The summed E-state index contributed by atoms with van der Waals surface area (Å²) in [5.41, 5.74) is 8.21. The van der Waals surface area contributed by atoms with Crippen molar-refractivity contribution in [1.29, 1.82) is 0 Å². The number of benzene rings is 3. The van der Waals surface area contributed by atoms with Crippen molar-refractivity contribution in [2.24, 2.45) is 0 Å². The summed E-state index contributed by atoms with van der Waals surface area (Å²) in [6.07, 6.45) is 0.998. The average Bonchev–Trinajstić information content (AvgIpc) is 3.10. The second-order valence-corrected chi connectivity index (χ2v) is 7.50. The molecule has 4 rings (SSSR count). The van der Waals surface area contributed by atoms with E-state index in [2.05, 4.69) is 40.6 Å². The van der Waals surface area contributed by atoms with Crippen LogP contribution in [0.25, 0.3) is 16.7 Å². The Morgan fingerprint density at radius 2 is 1.52 bits per heavy atom. The number of aryl methyl sites for hydroxylation is 4. The molecule has 0 aliphatic heterocycles. The highest BCUT2D eigenvalue weighted by molar-refractivity contribution is 6.05. The summed E-state index contributed by atoms with van der Waals surface area (Å²) in [5, 5.41) is 12.2. The molecule has 0 saturated carbocycles. The van der Waals surface area contributed by atoms with Crippen molar-refractivity contribution in [3.63, 3.8) is 0 Å². The first kappa shape index (κ1) is 18.9. The fourth-order valence-corrected chi connectivity index (χ4v) is 3.48. The van der Waals surface area contributed by atoms with Crippen LogP contribution < -0.4 is 5.32 Å². The van der Waals surface area contributed by atoms with Gasteiger partial charge in [0.2, 0.25) is 0 Å². The van der Waals surface area contributed by atoms with Gasteiger partial charge in [0.25, 0.3) is 5.91 Å². The van der Waals surface area contributed by atoms with Crippen molar-refractivity contribution >= 4 is 22.6 Å². The number of carbonyl (C=O) groups excluding carboxylic acids is 1. The molecule has 146 valence electrons. The van der Waals surface area contributed by atoms with E-state index in [9.17, 15) is 4.79 Å². The van der Waals surface area contributed by atoms with E-state index in [1.54, 1.807) is 4.80 Å². The molecular formula is C24H24N4O. The molecule has 29 heavy (non-hydrogen) atoms. The molecule has 0 bridgehead atoms. The molecule has 1 aromatic heterocycles. The molecule has 5 nitrogen and oxygen atoms in total. The van der Waals surface area contributed by atoms with Gasteiger partial charge in [0.1, 0.15) is 11.0 Å². The Morgan fingerprint density at radius 3 is 2.14 bits per heavy atom. The highest BCUT2D eigenvalue weighted by Crippen LogP contribution is 2.23. The lowest BCUT2D eigenvalue weighted by molar-refractivity contribution is 0.102. The van der Waals surface area contributed by atoms with Gasteiger partial charge in [0.05, 0.1) is 5.69 Å². The number of anilines is 1. The maximum absolute atomic E-state index is 12.7. The Hall–Kier alpha value is -3.47. The lowest BCUT2D eigenvalue weighted by Gasteiger charge is -2.09. The standard InChI is InChI=1S/C24H24N4O/c1-5-18-6-8-20(9-7-18)28-26-22-13-17(4)21(14-23(22)27-28)25-24(29)19-11-15(2)10-16(3)12-19/h6-14H,5H2,1-4H3,(H,25,29). The molecule has 0 fully saturated rings. The number of rotatable bonds is 4. The van der Waals surface area contributed by atoms with Crippen LogP contribution in [0.15, 0.2) is 54.6 Å². The average molecular weight is 384 g/mol. The number of nitrogens with zero attached hydrogens (tertiary/aromatic N) is 3. The number of amides is 1. The number of nitrogens with one attached hydrogen (secondary N) is 1. The predicted octanol–water partition coefficient (Wildman–Crippen LogP) is 5.16. The van der Waals surface area contributed by atoms with E-state index in [1.807, 2.05) is 57.2 Å². The highest BCUT2D eigenvalue weighted by atomic mass is 16.1. The quantitative estimate of drug-likeness (QED) is 0.529. The molecule has 0 radical (unpaired) electrons. The minimum Gasteiger partial charge on any atom is -0.322 e. The maximum Gasteiger partial charge on any atom is 0.255 e. The molecular weight excluding hydrogens is 360 g/mol. The first-order chi connectivity index (χ1) is 13.9. The van der Waals surface area contributed by atoms with Gasteiger partial charge in [-0.25, -0.2) is 0 Å². The predicted molar refractivity (Wildman–Crippen MR) is 117 cm³/mol. The number of aromatic nitrogens is 3. The van der Waals surface area contributed by atoms with Crippen LogP contribution in [-0.4, -0.2) is 20.9 Å². The minimum absolute atomic E-state index is 0.123. The molecule has 1 amide bonds. The summed E-state index contributed by atoms with van der Waals surface area (Å²) in [7, 11) is 0. The third kappa shape index (κ3) is 3.90. The van der Waals surface area contributed by atoms with E-state index < -0.39 is 0 Å². The van der Waals surface area contributed by atoms with Crippen LogP contribution in [0.1, 0.15) is 39.5 Å². The topological polar surface area (TPSA) is 59.8 Å². The highest BCUT2D eigenvalue weighted by Gasteiger charge is 2.12. The monoisotopic (exact) mass is 384 g/mol. The molecule has 0 aliphatic carbocycles. The Balaban J connectivity index is 1.65. The van der Waals surface area contributed by atoms with E-state index in [4.69, 9.17) is 0 Å². The molecule has 1 N–H and O–H groups in total. The van der Waals surface area contributed by atoms with Gasteiger partial charge in [-0.05, 0) is 74.7 Å². The van der Waals surface area contributed by atoms with E-state index in [0.29, 0.717) is 5.56 Å². The maximum atomic E-state index is 12.7. The molecule has 3 aromatic carbocycles. The summed E-state index contributed by atoms with van der Waals surface area (Å²) in [6.45, 7) is 8.08. The van der Waals surface area contributed by atoms with E-state index in [1.165, 1.54) is 5.56 Å². The number of hydrogen-bond donors (Lipinski definition) is 1. The first-order valence-electron chi connectivity index (χ1n) is 9.79. The Bertz CT molecular complexity index is 1190. The van der Waals surface area contributed by atoms with Crippen LogP contribution >= 0.6 is 0 Å². The van der Waals surface area contributed by atoms with E-state index >= 15 is 0 Å². The fraction of sp³-hybridized carbons (Fsp3) is 0.208. The number of hydrogen-bond acceptors (Lipinski definition) is 3. The molecule has 5 heteroatoms. The van der Waals surface area contributed by atoms with Crippen molar-refractivity contribution in [3.8, 4) is 5.69 Å². The van der Waals surface area contributed by atoms with Crippen LogP contribution in [0.3, 0.4) is 0 Å². The molecule has 0 spiro atoms. The molecule has 0 aliphatic rings. The van der Waals surface area contributed by atoms with Gasteiger partial charge in [0.15, 0.2) is 0 Å². The van der Waals surface area contributed by atoms with Gasteiger partial charge in [-0.3, -0.25) is 4.79 Å². The fourth-order valence-electron chi connectivity index (χ4n) is 3.48. The summed E-state index contributed by atoms with van der Waals surface area (Å²) >= 11 is 0. The summed E-state index contributed by atoms with van der Waals surface area (Å²) in [5.74, 6) is -0.123. The van der Waals surface area contributed by atoms with Crippen LogP contribution in [0, 0.1) is 20.8 Å². The molecule has 0 saturated heterocycles.